The first-order chi connectivity index (χ1) is 11.6. The van der Waals surface area contributed by atoms with E-state index in [4.69, 9.17) is 23.2 Å². The smallest absolute Gasteiger partial charge is 0.252 e. The molecule has 124 valence electrons. The second-order valence-corrected chi connectivity index (χ2v) is 7.54. The van der Waals surface area contributed by atoms with E-state index in [2.05, 4.69) is 20.6 Å². The van der Waals surface area contributed by atoms with Gasteiger partial charge in [0.1, 0.15) is 5.01 Å². The molecule has 0 atom stereocenters. The topological polar surface area (TPSA) is 72.2 Å². The average Bonchev–Trinajstić information content (AvgIpc) is 3.18. The molecule has 3 aromatic rings. The van der Waals surface area contributed by atoms with Crippen molar-refractivity contribution < 1.29 is 4.79 Å². The van der Waals surface area contributed by atoms with Crippen LogP contribution < -0.4 is 5.32 Å². The van der Waals surface area contributed by atoms with E-state index in [1.54, 1.807) is 18.2 Å². The van der Waals surface area contributed by atoms with Crippen molar-refractivity contribution in [2.75, 3.05) is 6.54 Å². The molecule has 4 rings (SSSR count). The number of hydrogen-bond donors (Lipinski definition) is 1. The van der Waals surface area contributed by atoms with Gasteiger partial charge in [-0.2, -0.15) is 9.61 Å². The number of rotatable bonds is 5. The maximum absolute atomic E-state index is 12.2. The minimum atomic E-state index is -0.224. The van der Waals surface area contributed by atoms with Crippen LogP contribution in [-0.2, 0) is 6.42 Å². The molecule has 1 amide bonds. The third-order valence-corrected chi connectivity index (χ3v) is 5.31. The number of carbonyl (C=O) groups excluding carboxylic acids is 1. The summed E-state index contributed by atoms with van der Waals surface area (Å²) in [5, 5.41) is 17.5. The first-order valence-electron chi connectivity index (χ1n) is 7.56. The Bertz CT molecular complexity index is 918. The number of carbonyl (C=O) groups is 1. The quantitative estimate of drug-likeness (QED) is 0.735. The fourth-order valence-electron chi connectivity index (χ4n) is 2.42. The summed E-state index contributed by atoms with van der Waals surface area (Å²) in [4.78, 5) is 13.0. The number of nitrogens with zero attached hydrogens (tertiary/aromatic N) is 4. The van der Waals surface area contributed by atoms with E-state index in [-0.39, 0.29) is 5.91 Å². The van der Waals surface area contributed by atoms with Crippen LogP contribution in [0.3, 0.4) is 0 Å². The highest BCUT2D eigenvalue weighted by Gasteiger charge is 2.30. The van der Waals surface area contributed by atoms with Crippen LogP contribution in [0, 0.1) is 0 Å². The molecule has 9 heteroatoms. The molecule has 0 aliphatic heterocycles. The van der Waals surface area contributed by atoms with E-state index >= 15 is 0 Å². The highest BCUT2D eigenvalue weighted by atomic mass is 35.5. The molecule has 1 aliphatic carbocycles. The van der Waals surface area contributed by atoms with Crippen molar-refractivity contribution in [1.82, 2.24) is 25.1 Å². The van der Waals surface area contributed by atoms with E-state index in [1.807, 2.05) is 4.52 Å². The Morgan fingerprint density at radius 2 is 2.17 bits per heavy atom. The summed E-state index contributed by atoms with van der Waals surface area (Å²) in [6.07, 6.45) is 2.95. The van der Waals surface area contributed by atoms with Gasteiger partial charge in [0.2, 0.25) is 4.96 Å². The lowest BCUT2D eigenvalue weighted by Crippen LogP contribution is -2.26. The molecule has 6 nitrogen and oxygen atoms in total. The number of amides is 1. The third-order valence-electron chi connectivity index (χ3n) is 3.80. The van der Waals surface area contributed by atoms with Crippen molar-refractivity contribution in [2.24, 2.45) is 0 Å². The van der Waals surface area contributed by atoms with Crippen molar-refractivity contribution in [1.29, 1.82) is 0 Å². The highest BCUT2D eigenvalue weighted by Crippen LogP contribution is 2.39. The molecule has 24 heavy (non-hydrogen) atoms. The van der Waals surface area contributed by atoms with Gasteiger partial charge in [0.15, 0.2) is 5.82 Å². The fraction of sp³-hybridized carbons (Fsp3) is 0.333. The molecule has 1 aliphatic rings. The highest BCUT2D eigenvalue weighted by molar-refractivity contribution is 7.16. The molecule has 2 aromatic heterocycles. The predicted molar refractivity (Wildman–Crippen MR) is 93.1 cm³/mol. The largest absolute Gasteiger partial charge is 0.352 e. The van der Waals surface area contributed by atoms with Crippen LogP contribution in [0.5, 0.6) is 0 Å². The van der Waals surface area contributed by atoms with Crippen LogP contribution in [0.4, 0.5) is 0 Å². The Hall–Kier alpha value is -1.70. The molecular weight excluding hydrogens is 369 g/mol. The number of nitrogens with one attached hydrogen (secondary N) is 1. The fourth-order valence-corrected chi connectivity index (χ4v) is 3.75. The second-order valence-electron chi connectivity index (χ2n) is 5.65. The summed E-state index contributed by atoms with van der Waals surface area (Å²) in [7, 11) is 0. The Kier molecular flexibility index (Phi) is 4.15. The molecule has 0 bridgehead atoms. The van der Waals surface area contributed by atoms with E-state index in [0.29, 0.717) is 34.5 Å². The van der Waals surface area contributed by atoms with Gasteiger partial charge in [0.05, 0.1) is 10.6 Å². The van der Waals surface area contributed by atoms with Gasteiger partial charge in [-0.15, -0.1) is 10.2 Å². The Morgan fingerprint density at radius 1 is 1.33 bits per heavy atom. The monoisotopic (exact) mass is 381 g/mol. The van der Waals surface area contributed by atoms with Gasteiger partial charge in [-0.3, -0.25) is 4.79 Å². The summed E-state index contributed by atoms with van der Waals surface area (Å²) in [5.74, 6) is 1.23. The van der Waals surface area contributed by atoms with Crippen LogP contribution in [0.1, 0.15) is 39.9 Å². The Morgan fingerprint density at radius 3 is 2.92 bits per heavy atom. The second kappa shape index (κ2) is 6.31. The lowest BCUT2D eigenvalue weighted by molar-refractivity contribution is 0.0954. The number of aromatic nitrogens is 4. The maximum atomic E-state index is 12.2. The minimum Gasteiger partial charge on any atom is -0.352 e. The van der Waals surface area contributed by atoms with Crippen molar-refractivity contribution in [3.8, 4) is 0 Å². The number of benzene rings is 1. The standard InChI is InChI=1S/C15H13Cl2N5OS/c16-9-3-4-10(11(17)7-9)14(23)18-6-5-12-21-22-13(8-1-2-8)19-20-15(22)24-12/h3-4,7-8H,1-2,5-6H2,(H,18,23). The lowest BCUT2D eigenvalue weighted by atomic mass is 10.2. The van der Waals surface area contributed by atoms with E-state index in [0.717, 1.165) is 28.6 Å². The summed E-state index contributed by atoms with van der Waals surface area (Å²) >= 11 is 13.4. The van der Waals surface area contributed by atoms with E-state index in [1.165, 1.54) is 11.3 Å². The minimum absolute atomic E-state index is 0.224. The summed E-state index contributed by atoms with van der Waals surface area (Å²) in [6, 6.07) is 4.82. The Balaban J connectivity index is 1.39. The molecule has 0 unspecified atom stereocenters. The van der Waals surface area contributed by atoms with Crippen molar-refractivity contribution in [3.05, 3.63) is 44.6 Å². The zero-order valence-electron chi connectivity index (χ0n) is 12.5. The van der Waals surface area contributed by atoms with Crippen molar-refractivity contribution >= 4 is 45.4 Å². The molecule has 1 saturated carbocycles. The first-order valence-corrected chi connectivity index (χ1v) is 9.13. The SMILES string of the molecule is O=C(NCCc1nn2c(C3CC3)nnc2s1)c1ccc(Cl)cc1Cl. The number of halogens is 2. The van der Waals surface area contributed by atoms with Gasteiger partial charge in [-0.05, 0) is 31.0 Å². The molecule has 0 radical (unpaired) electrons. The lowest BCUT2D eigenvalue weighted by Gasteiger charge is -2.06. The summed E-state index contributed by atoms with van der Waals surface area (Å²) < 4.78 is 1.83. The number of hydrogen-bond acceptors (Lipinski definition) is 5. The Labute approximate surface area is 151 Å². The zero-order chi connectivity index (χ0) is 16.7. The van der Waals surface area contributed by atoms with Crippen LogP contribution >= 0.6 is 34.5 Å². The molecule has 1 aromatic carbocycles. The molecule has 2 heterocycles. The van der Waals surface area contributed by atoms with Crippen LogP contribution in [0.2, 0.25) is 10.0 Å². The van der Waals surface area contributed by atoms with Crippen LogP contribution in [-0.4, -0.2) is 32.3 Å². The maximum Gasteiger partial charge on any atom is 0.252 e. The van der Waals surface area contributed by atoms with E-state index < -0.39 is 0 Å². The third kappa shape index (κ3) is 3.11. The van der Waals surface area contributed by atoms with Gasteiger partial charge in [0.25, 0.3) is 5.91 Å². The predicted octanol–water partition coefficient (Wildman–Crippen LogP) is 3.34. The molecule has 0 saturated heterocycles. The van der Waals surface area contributed by atoms with Crippen molar-refractivity contribution in [2.45, 2.75) is 25.2 Å². The molecule has 0 spiro atoms. The van der Waals surface area contributed by atoms with Gasteiger partial charge >= 0.3 is 0 Å². The van der Waals surface area contributed by atoms with Crippen molar-refractivity contribution in [3.63, 3.8) is 0 Å². The molecular formula is C15H13Cl2N5OS. The van der Waals surface area contributed by atoms with Gasteiger partial charge in [0, 0.05) is 23.9 Å². The van der Waals surface area contributed by atoms with E-state index in [9.17, 15) is 4.79 Å². The normalized spacial score (nSPS) is 14.2. The molecule has 1 fully saturated rings. The summed E-state index contributed by atoms with van der Waals surface area (Å²) in [6.45, 7) is 0.473. The first kappa shape index (κ1) is 15.8. The molecule has 1 N–H and O–H groups in total. The zero-order valence-corrected chi connectivity index (χ0v) is 14.8. The van der Waals surface area contributed by atoms with Crippen LogP contribution in [0.15, 0.2) is 18.2 Å². The van der Waals surface area contributed by atoms with Gasteiger partial charge in [-0.1, -0.05) is 34.5 Å². The number of fused-ring (bicyclic) bond motifs is 1. The summed E-state index contributed by atoms with van der Waals surface area (Å²) in [5.41, 5.74) is 0.412. The average molecular weight is 382 g/mol. The van der Waals surface area contributed by atoms with Crippen LogP contribution in [0.25, 0.3) is 4.96 Å². The van der Waals surface area contributed by atoms with Gasteiger partial charge < -0.3 is 5.32 Å². The van der Waals surface area contributed by atoms with Gasteiger partial charge in [-0.25, -0.2) is 0 Å².